The van der Waals surface area contributed by atoms with Crippen LogP contribution in [-0.4, -0.2) is 25.9 Å². The summed E-state index contributed by atoms with van der Waals surface area (Å²) in [5.74, 6) is 0. The van der Waals surface area contributed by atoms with Gasteiger partial charge in [-0.05, 0) is 73.9 Å². The van der Waals surface area contributed by atoms with E-state index in [0.717, 1.165) is 19.3 Å². The SMILES string of the molecule is Cc1ccc(-n2c(=O)n(-c3ccc(C)c(N=C=O)c3)c(=O)n(-c3ccc(C)c(N=C=O)c3)c2=O)cc1N. The van der Waals surface area contributed by atoms with Crippen molar-refractivity contribution in [1.82, 2.24) is 13.7 Å². The number of hydrogen-bond donors (Lipinski definition) is 1. The van der Waals surface area contributed by atoms with Crippen molar-refractivity contribution in [3.63, 3.8) is 0 Å². The van der Waals surface area contributed by atoms with E-state index in [1.807, 2.05) is 0 Å². The lowest BCUT2D eigenvalue weighted by molar-refractivity contribution is 0.564. The van der Waals surface area contributed by atoms with Gasteiger partial charge in [0.05, 0.1) is 28.4 Å². The monoisotopic (exact) mass is 496 g/mol. The Labute approximate surface area is 209 Å². The Morgan fingerprint density at radius 1 is 0.595 bits per heavy atom. The molecule has 0 bridgehead atoms. The molecule has 3 aromatic carbocycles. The third-order valence-corrected chi connectivity index (χ3v) is 5.90. The second-order valence-corrected chi connectivity index (χ2v) is 8.24. The molecule has 37 heavy (non-hydrogen) atoms. The smallest absolute Gasteiger partial charge is 0.345 e. The average Bonchev–Trinajstić information content (AvgIpc) is 2.85. The first kappa shape index (κ1) is 24.7. The fourth-order valence-corrected chi connectivity index (χ4v) is 3.79. The number of aliphatic imine (C=N–C) groups is 2. The molecule has 0 unspecified atom stereocenters. The molecule has 0 saturated carbocycles. The first-order valence-electron chi connectivity index (χ1n) is 10.9. The summed E-state index contributed by atoms with van der Waals surface area (Å²) in [5, 5.41) is 0. The van der Waals surface area contributed by atoms with E-state index in [-0.39, 0.29) is 28.4 Å². The molecule has 1 aromatic heterocycles. The van der Waals surface area contributed by atoms with Gasteiger partial charge in [0.25, 0.3) is 0 Å². The Morgan fingerprint density at radius 2 is 0.946 bits per heavy atom. The van der Waals surface area contributed by atoms with Gasteiger partial charge in [0.2, 0.25) is 12.2 Å². The number of anilines is 1. The van der Waals surface area contributed by atoms with Crippen LogP contribution in [0.5, 0.6) is 0 Å². The lowest BCUT2D eigenvalue weighted by atomic mass is 10.1. The number of nitrogens with zero attached hydrogens (tertiary/aromatic N) is 5. The number of nitrogens with two attached hydrogens (primary N) is 1. The molecule has 0 aliphatic rings. The topological polar surface area (TPSA) is 151 Å². The molecule has 0 aliphatic carbocycles. The highest BCUT2D eigenvalue weighted by Gasteiger charge is 2.20. The van der Waals surface area contributed by atoms with Crippen molar-refractivity contribution in [2.75, 3.05) is 5.73 Å². The zero-order valence-corrected chi connectivity index (χ0v) is 20.1. The van der Waals surface area contributed by atoms with Crippen molar-refractivity contribution in [2.45, 2.75) is 20.8 Å². The third-order valence-electron chi connectivity index (χ3n) is 5.90. The van der Waals surface area contributed by atoms with Gasteiger partial charge in [-0.2, -0.15) is 9.98 Å². The molecule has 0 spiro atoms. The Bertz CT molecular complexity index is 1750. The van der Waals surface area contributed by atoms with E-state index < -0.39 is 17.1 Å². The van der Waals surface area contributed by atoms with Crippen LogP contribution in [0.3, 0.4) is 0 Å². The van der Waals surface area contributed by atoms with Gasteiger partial charge < -0.3 is 5.73 Å². The normalized spacial score (nSPS) is 10.5. The highest BCUT2D eigenvalue weighted by molar-refractivity contribution is 5.59. The third kappa shape index (κ3) is 4.39. The highest BCUT2D eigenvalue weighted by atomic mass is 16.2. The quantitative estimate of drug-likeness (QED) is 0.255. The average molecular weight is 496 g/mol. The lowest BCUT2D eigenvalue weighted by Crippen LogP contribution is -2.52. The molecule has 0 saturated heterocycles. The van der Waals surface area contributed by atoms with Crippen molar-refractivity contribution in [1.29, 1.82) is 0 Å². The molecule has 0 radical (unpaired) electrons. The standard InChI is InChI=1S/C26H20N6O5/c1-15-4-7-18(10-21(15)27)30-24(35)31(19-8-5-16(2)22(11-19)28-13-33)26(37)32(25(30)36)20-9-6-17(3)23(12-20)29-14-34/h4-12H,27H2,1-3H3. The summed E-state index contributed by atoms with van der Waals surface area (Å²) < 4.78 is 2.37. The van der Waals surface area contributed by atoms with Crippen LogP contribution in [0.4, 0.5) is 17.1 Å². The fraction of sp³-hybridized carbons (Fsp3) is 0.115. The summed E-state index contributed by atoms with van der Waals surface area (Å²) in [4.78, 5) is 70.0. The Balaban J connectivity index is 2.18. The second-order valence-electron chi connectivity index (χ2n) is 8.24. The molecule has 184 valence electrons. The molecule has 11 nitrogen and oxygen atoms in total. The maximum Gasteiger partial charge on any atom is 0.345 e. The minimum Gasteiger partial charge on any atom is -0.398 e. The van der Waals surface area contributed by atoms with E-state index in [0.29, 0.717) is 16.8 Å². The first-order valence-corrected chi connectivity index (χ1v) is 10.9. The van der Waals surface area contributed by atoms with E-state index in [1.165, 1.54) is 48.6 Å². The van der Waals surface area contributed by atoms with Crippen LogP contribution in [-0.2, 0) is 9.59 Å². The van der Waals surface area contributed by atoms with Crippen LogP contribution >= 0.6 is 0 Å². The van der Waals surface area contributed by atoms with Crippen LogP contribution in [0, 0.1) is 20.8 Å². The maximum absolute atomic E-state index is 13.7. The highest BCUT2D eigenvalue weighted by Crippen LogP contribution is 2.23. The van der Waals surface area contributed by atoms with Gasteiger partial charge in [0.1, 0.15) is 0 Å². The van der Waals surface area contributed by atoms with Crippen LogP contribution in [0.25, 0.3) is 17.1 Å². The van der Waals surface area contributed by atoms with Crippen LogP contribution in [0.2, 0.25) is 0 Å². The predicted octanol–water partition coefficient (Wildman–Crippen LogP) is 2.58. The van der Waals surface area contributed by atoms with Crippen molar-refractivity contribution in [3.8, 4) is 17.1 Å². The largest absolute Gasteiger partial charge is 0.398 e. The number of isocyanates is 2. The second kappa shape index (κ2) is 9.71. The summed E-state index contributed by atoms with van der Waals surface area (Å²) in [6.07, 6.45) is 2.89. The van der Waals surface area contributed by atoms with Crippen molar-refractivity contribution < 1.29 is 9.59 Å². The van der Waals surface area contributed by atoms with Crippen LogP contribution in [0.15, 0.2) is 79.0 Å². The van der Waals surface area contributed by atoms with Gasteiger partial charge in [-0.15, -0.1) is 0 Å². The van der Waals surface area contributed by atoms with Crippen molar-refractivity contribution in [3.05, 3.63) is 103 Å². The van der Waals surface area contributed by atoms with E-state index in [9.17, 15) is 24.0 Å². The number of benzene rings is 3. The summed E-state index contributed by atoms with van der Waals surface area (Å²) in [6.45, 7) is 5.15. The van der Waals surface area contributed by atoms with E-state index in [1.54, 1.807) is 39.0 Å². The van der Waals surface area contributed by atoms with Crippen molar-refractivity contribution in [2.24, 2.45) is 9.98 Å². The number of carbonyl (C=O) groups excluding carboxylic acids is 2. The molecule has 1 heterocycles. The molecule has 2 N–H and O–H groups in total. The van der Waals surface area contributed by atoms with Gasteiger partial charge in [-0.25, -0.2) is 37.7 Å². The van der Waals surface area contributed by atoms with Crippen LogP contribution in [0.1, 0.15) is 16.7 Å². The Morgan fingerprint density at radius 3 is 1.30 bits per heavy atom. The minimum atomic E-state index is -0.985. The zero-order chi connectivity index (χ0) is 26.9. The zero-order valence-electron chi connectivity index (χ0n) is 20.1. The molecule has 4 rings (SSSR count). The van der Waals surface area contributed by atoms with Gasteiger partial charge in [-0.1, -0.05) is 18.2 Å². The van der Waals surface area contributed by atoms with E-state index >= 15 is 0 Å². The molecule has 11 heteroatoms. The Kier molecular flexibility index (Phi) is 6.49. The minimum absolute atomic E-state index is 0.0652. The number of aryl methyl sites for hydroxylation is 3. The van der Waals surface area contributed by atoms with Gasteiger partial charge >= 0.3 is 17.1 Å². The number of aromatic nitrogens is 3. The summed E-state index contributed by atoms with van der Waals surface area (Å²) in [5.41, 5.74) is 6.07. The lowest BCUT2D eigenvalue weighted by Gasteiger charge is -2.16. The summed E-state index contributed by atoms with van der Waals surface area (Å²) in [7, 11) is 0. The molecular formula is C26H20N6O5. The van der Waals surface area contributed by atoms with Gasteiger partial charge in [0, 0.05) is 5.69 Å². The molecule has 0 atom stereocenters. The maximum atomic E-state index is 13.7. The number of hydrogen-bond acceptors (Lipinski definition) is 8. The predicted molar refractivity (Wildman–Crippen MR) is 137 cm³/mol. The Hall–Kier alpha value is -5.37. The molecule has 0 aliphatic heterocycles. The molecule has 4 aromatic rings. The molecule has 0 fully saturated rings. The molecule has 0 amide bonds. The fourth-order valence-electron chi connectivity index (χ4n) is 3.79. The van der Waals surface area contributed by atoms with Gasteiger partial charge in [0.15, 0.2) is 0 Å². The number of nitrogen functional groups attached to an aromatic ring is 1. The number of rotatable bonds is 5. The van der Waals surface area contributed by atoms with Gasteiger partial charge in [-0.3, -0.25) is 0 Å². The van der Waals surface area contributed by atoms with Crippen molar-refractivity contribution >= 4 is 29.2 Å². The van der Waals surface area contributed by atoms with E-state index in [4.69, 9.17) is 5.73 Å². The van der Waals surface area contributed by atoms with E-state index in [2.05, 4.69) is 9.98 Å². The molecular weight excluding hydrogens is 476 g/mol. The van der Waals surface area contributed by atoms with Crippen LogP contribution < -0.4 is 22.8 Å². The summed E-state index contributed by atoms with van der Waals surface area (Å²) in [6, 6.07) is 13.5. The first-order chi connectivity index (χ1) is 17.7. The summed E-state index contributed by atoms with van der Waals surface area (Å²) >= 11 is 0.